The van der Waals surface area contributed by atoms with Crippen LogP contribution in [0.15, 0.2) is 24.3 Å². The Morgan fingerprint density at radius 1 is 1.20 bits per heavy atom. The molecule has 2 fully saturated rings. The Balaban J connectivity index is 1.27. The van der Waals surface area contributed by atoms with E-state index < -0.39 is 34.9 Å². The Morgan fingerprint density at radius 2 is 2.00 bits per heavy atom. The zero-order valence-electron chi connectivity index (χ0n) is 27.2. The standard InChI is InChI=1S/C33H37ClF4N8O3/c1-18-13-32(8-4-10-45(32)14-18)17-49-31-40-22-12-24(25-20(33(36,37)38)6-7-21(39)27(25)35)48-16-19(22)29(41-31)44-9-5-11-46-23(15-44)26(34)28(42-46)30(47)43(2)3/h6-7,24H,1,4-5,8-17,39H2,2-3H3/t24?,32-/m0/s1. The quantitative estimate of drug-likeness (QED) is 0.211. The molecule has 2 N–H and O–H groups in total. The zero-order valence-corrected chi connectivity index (χ0v) is 28.0. The van der Waals surface area contributed by atoms with Crippen LogP contribution < -0.4 is 15.4 Å². The number of rotatable bonds is 6. The lowest BCUT2D eigenvalue weighted by Crippen LogP contribution is -2.43. The van der Waals surface area contributed by atoms with Gasteiger partial charge in [0, 0.05) is 51.3 Å². The van der Waals surface area contributed by atoms with Gasteiger partial charge in [0.05, 0.1) is 52.5 Å². The fourth-order valence-corrected chi connectivity index (χ4v) is 7.85. The van der Waals surface area contributed by atoms with Crippen LogP contribution in [0.2, 0.25) is 5.02 Å². The number of hydrogen-bond donors (Lipinski definition) is 1. The van der Waals surface area contributed by atoms with Gasteiger partial charge in [-0.15, -0.1) is 0 Å². The fourth-order valence-electron chi connectivity index (χ4n) is 7.57. The molecule has 4 aliphatic heterocycles. The number of anilines is 2. The summed E-state index contributed by atoms with van der Waals surface area (Å²) in [6.45, 7) is 7.29. The minimum Gasteiger partial charge on any atom is -0.461 e. The van der Waals surface area contributed by atoms with Crippen LogP contribution >= 0.6 is 11.6 Å². The van der Waals surface area contributed by atoms with Gasteiger partial charge in [-0.2, -0.15) is 28.2 Å². The number of hydrogen-bond acceptors (Lipinski definition) is 9. The third kappa shape index (κ3) is 5.99. The maximum absolute atomic E-state index is 15.4. The van der Waals surface area contributed by atoms with Crippen LogP contribution in [0.4, 0.5) is 29.1 Å². The molecule has 0 radical (unpaired) electrons. The van der Waals surface area contributed by atoms with Gasteiger partial charge in [-0.25, -0.2) is 4.39 Å². The van der Waals surface area contributed by atoms with Crippen LogP contribution in [-0.2, 0) is 37.0 Å². The number of ether oxygens (including phenoxy) is 2. The molecular weight excluding hydrogens is 668 g/mol. The largest absolute Gasteiger partial charge is 0.461 e. The summed E-state index contributed by atoms with van der Waals surface area (Å²) in [7, 11) is 3.24. The maximum atomic E-state index is 15.4. The first-order valence-corrected chi connectivity index (χ1v) is 16.6. The maximum Gasteiger partial charge on any atom is 0.416 e. The van der Waals surface area contributed by atoms with E-state index in [1.165, 1.54) is 4.90 Å². The summed E-state index contributed by atoms with van der Waals surface area (Å²) in [5, 5.41) is 4.73. The molecule has 2 atom stereocenters. The second-order valence-corrected chi connectivity index (χ2v) is 13.8. The normalized spacial score (nSPS) is 22.5. The van der Waals surface area contributed by atoms with E-state index >= 15 is 4.39 Å². The SMILES string of the molecule is C=C1CN2CCC[C@@]2(COc2nc3c(c(N4CCCn5nc(C(=O)N(C)C)c(Cl)c5C4)n2)COC(c2c(C(F)(F)F)ccc(N)c2F)C3)C1. The molecule has 262 valence electrons. The second-order valence-electron chi connectivity index (χ2n) is 13.5. The number of fused-ring (bicyclic) bond motifs is 3. The van der Waals surface area contributed by atoms with Crippen molar-refractivity contribution >= 4 is 29.0 Å². The van der Waals surface area contributed by atoms with Crippen molar-refractivity contribution in [3.8, 4) is 6.01 Å². The van der Waals surface area contributed by atoms with Crippen molar-refractivity contribution in [1.82, 2.24) is 29.5 Å². The summed E-state index contributed by atoms with van der Waals surface area (Å²) in [5.41, 5.74) is 6.11. The van der Waals surface area contributed by atoms with Crippen LogP contribution in [0.3, 0.4) is 0 Å². The molecule has 0 saturated carbocycles. The van der Waals surface area contributed by atoms with E-state index in [1.54, 1.807) is 18.8 Å². The highest BCUT2D eigenvalue weighted by atomic mass is 35.5. The number of nitrogens with zero attached hydrogens (tertiary/aromatic N) is 7. The first-order chi connectivity index (χ1) is 23.3. The number of aromatic nitrogens is 4. The average Bonchev–Trinajstić information content (AvgIpc) is 3.62. The molecular formula is C33H37ClF4N8O3. The number of carbonyl (C=O) groups excluding carboxylic acids is 1. The van der Waals surface area contributed by atoms with Crippen molar-refractivity contribution in [2.24, 2.45) is 0 Å². The summed E-state index contributed by atoms with van der Waals surface area (Å²) in [6, 6.07) is 1.74. The summed E-state index contributed by atoms with van der Waals surface area (Å²) in [4.78, 5) is 28.1. The third-order valence-electron chi connectivity index (χ3n) is 9.94. The van der Waals surface area contributed by atoms with Crippen molar-refractivity contribution in [2.45, 2.75) is 69.6 Å². The van der Waals surface area contributed by atoms with Gasteiger partial charge in [0.15, 0.2) is 11.5 Å². The van der Waals surface area contributed by atoms with Crippen LogP contribution in [0, 0.1) is 5.82 Å². The van der Waals surface area contributed by atoms with E-state index in [1.807, 2.05) is 4.90 Å². The number of amides is 1. The van der Waals surface area contributed by atoms with Gasteiger partial charge in [-0.05, 0) is 44.4 Å². The number of aryl methyl sites for hydroxylation is 1. The molecule has 1 unspecified atom stereocenters. The van der Waals surface area contributed by atoms with Crippen molar-refractivity contribution < 1.29 is 31.8 Å². The van der Waals surface area contributed by atoms with E-state index in [2.05, 4.69) is 16.6 Å². The number of carbonyl (C=O) groups is 1. The summed E-state index contributed by atoms with van der Waals surface area (Å²) in [5.74, 6) is -1.03. The smallest absolute Gasteiger partial charge is 0.416 e. The summed E-state index contributed by atoms with van der Waals surface area (Å²) < 4.78 is 71.7. The second kappa shape index (κ2) is 12.4. The van der Waals surface area contributed by atoms with Crippen molar-refractivity contribution in [3.05, 3.63) is 68.9 Å². The van der Waals surface area contributed by atoms with Crippen LogP contribution in [-0.4, -0.2) is 81.3 Å². The van der Waals surface area contributed by atoms with Crippen LogP contribution in [0.5, 0.6) is 6.01 Å². The predicted molar refractivity (Wildman–Crippen MR) is 173 cm³/mol. The zero-order chi connectivity index (χ0) is 34.8. The molecule has 2 saturated heterocycles. The predicted octanol–water partition coefficient (Wildman–Crippen LogP) is 5.17. The van der Waals surface area contributed by atoms with Crippen molar-refractivity contribution in [2.75, 3.05) is 51.0 Å². The molecule has 4 aliphatic rings. The number of nitrogen functional groups attached to an aromatic ring is 1. The van der Waals surface area contributed by atoms with E-state index in [0.717, 1.165) is 50.1 Å². The van der Waals surface area contributed by atoms with Gasteiger partial charge in [-0.3, -0.25) is 14.4 Å². The van der Waals surface area contributed by atoms with E-state index in [4.69, 9.17) is 36.8 Å². The van der Waals surface area contributed by atoms with Crippen LogP contribution in [0.1, 0.15) is 70.4 Å². The first-order valence-electron chi connectivity index (χ1n) is 16.2. The lowest BCUT2D eigenvalue weighted by Gasteiger charge is -2.33. The molecule has 16 heteroatoms. The van der Waals surface area contributed by atoms with Crippen molar-refractivity contribution in [1.29, 1.82) is 0 Å². The Bertz CT molecular complexity index is 1830. The minimum absolute atomic E-state index is 0.0598. The molecule has 3 aromatic rings. The van der Waals surface area contributed by atoms with Gasteiger partial charge < -0.3 is 25.0 Å². The first kappa shape index (κ1) is 33.5. The molecule has 1 aromatic carbocycles. The molecule has 11 nitrogen and oxygen atoms in total. The Kier molecular flexibility index (Phi) is 8.51. The highest BCUT2D eigenvalue weighted by molar-refractivity contribution is 6.34. The fraction of sp³-hybridized carbons (Fsp3) is 0.515. The van der Waals surface area contributed by atoms with Crippen LogP contribution in [0.25, 0.3) is 0 Å². The van der Waals surface area contributed by atoms with Gasteiger partial charge in [0.2, 0.25) is 0 Å². The van der Waals surface area contributed by atoms with Gasteiger partial charge in [0.25, 0.3) is 5.91 Å². The number of benzene rings is 1. The molecule has 0 spiro atoms. The number of alkyl halides is 3. The number of halogens is 5. The van der Waals surface area contributed by atoms with E-state index in [0.29, 0.717) is 48.9 Å². The molecule has 0 bridgehead atoms. The van der Waals surface area contributed by atoms with Gasteiger partial charge in [-0.1, -0.05) is 23.8 Å². The average molecular weight is 705 g/mol. The topological polar surface area (TPSA) is 115 Å². The molecule has 0 aliphatic carbocycles. The Morgan fingerprint density at radius 3 is 2.76 bits per heavy atom. The van der Waals surface area contributed by atoms with E-state index in [-0.39, 0.29) is 47.7 Å². The van der Waals surface area contributed by atoms with E-state index in [9.17, 15) is 18.0 Å². The highest BCUT2D eigenvalue weighted by Crippen LogP contribution is 2.44. The van der Waals surface area contributed by atoms with Gasteiger partial charge >= 0.3 is 12.2 Å². The molecule has 7 rings (SSSR count). The van der Waals surface area contributed by atoms with Crippen molar-refractivity contribution in [3.63, 3.8) is 0 Å². The summed E-state index contributed by atoms with van der Waals surface area (Å²) in [6.07, 6.45) is -2.95. The summed E-state index contributed by atoms with van der Waals surface area (Å²) >= 11 is 6.74. The third-order valence-corrected chi connectivity index (χ3v) is 10.3. The van der Waals surface area contributed by atoms with Gasteiger partial charge in [0.1, 0.15) is 12.4 Å². The molecule has 49 heavy (non-hydrogen) atoms. The monoisotopic (exact) mass is 704 g/mol. The Hall–Kier alpha value is -3.95. The number of nitrogens with two attached hydrogens (primary N) is 1. The highest BCUT2D eigenvalue weighted by Gasteiger charge is 2.47. The lowest BCUT2D eigenvalue weighted by atomic mass is 9.93. The minimum atomic E-state index is -4.84. The Labute approximate surface area is 285 Å². The molecule has 1 amide bonds. The molecule has 6 heterocycles. The lowest BCUT2D eigenvalue weighted by molar-refractivity contribution is -0.140. The molecule has 2 aromatic heterocycles.